The molecule has 2 saturated heterocycles. The molecule has 4 aromatic rings. The number of thiol groups is 2. The Morgan fingerprint density at radius 3 is 2.73 bits per heavy atom. The van der Waals surface area contributed by atoms with E-state index in [2.05, 4.69) is 49.4 Å². The Morgan fingerprint density at radius 2 is 2.00 bits per heavy atom. The van der Waals surface area contributed by atoms with Crippen LogP contribution < -0.4 is 17.0 Å². The number of anilines is 2. The van der Waals surface area contributed by atoms with E-state index in [1.54, 1.807) is 0 Å². The van der Waals surface area contributed by atoms with E-state index < -0.39 is 81.7 Å². The molecule has 0 aromatic carbocycles. The summed E-state index contributed by atoms with van der Waals surface area (Å²) in [6.45, 7) is -5.78. The number of aromatic amines is 1. The maximum atomic E-state index is 15.4. The number of imidazole rings is 1. The summed E-state index contributed by atoms with van der Waals surface area (Å²) in [6.07, 6.45) is -6.19. The Bertz CT molecular complexity index is 1880. The molecule has 0 bridgehead atoms. The summed E-state index contributed by atoms with van der Waals surface area (Å²) in [6, 6.07) is 0. The maximum Gasteiger partial charge on any atom is 0.386 e. The Labute approximate surface area is 261 Å². The van der Waals surface area contributed by atoms with Gasteiger partial charge in [-0.05, 0) is 0 Å². The molecule has 2 unspecified atom stereocenters. The molecule has 9 atom stereocenters. The standard InChI is InChI=1S/C21H25F2N9O9P2S2/c22-7-2-31(17-12(7)16(24)26-5-27-17)11-1-8(40-42(35)44)10(38-11)4-37-43(36,45)41-15-13(23)9(3-33)39-20(15)32-6-28-14-18(32)29-21(25)30-19(14)34/h2,5-6,8-11,13,15,20,33,42H,1,3-4H2,(H,35,44)(H,36,45)(H2,24,26,27)(H3,25,29,30,34)/t8-,9+,10+,11+,13+,15+,20+,43?/m0/s1. The van der Waals surface area contributed by atoms with Gasteiger partial charge >= 0.3 is 6.80 Å². The second kappa shape index (κ2) is 12.5. The van der Waals surface area contributed by atoms with Gasteiger partial charge in [-0.3, -0.25) is 28.0 Å². The molecule has 4 aromatic heterocycles. The molecule has 0 aliphatic carbocycles. The van der Waals surface area contributed by atoms with Gasteiger partial charge in [0.2, 0.25) is 13.2 Å². The number of nitrogen functional groups attached to an aromatic ring is 2. The number of nitrogens with two attached hydrogens (primary N) is 2. The van der Waals surface area contributed by atoms with Crippen LogP contribution in [0.2, 0.25) is 0 Å². The van der Waals surface area contributed by atoms with Gasteiger partial charge < -0.3 is 35.1 Å². The van der Waals surface area contributed by atoms with E-state index in [9.17, 15) is 23.4 Å². The van der Waals surface area contributed by atoms with Crippen molar-refractivity contribution in [2.45, 2.75) is 49.5 Å². The number of rotatable bonds is 10. The highest BCUT2D eigenvalue weighted by Crippen LogP contribution is 2.57. The first-order valence-corrected chi connectivity index (χ1v) is 18.3. The zero-order valence-corrected chi connectivity index (χ0v) is 26.2. The van der Waals surface area contributed by atoms with E-state index >= 15 is 4.39 Å². The van der Waals surface area contributed by atoms with Gasteiger partial charge in [0.05, 0.1) is 31.0 Å². The van der Waals surface area contributed by atoms with Crippen LogP contribution in [-0.2, 0) is 32.2 Å². The van der Waals surface area contributed by atoms with Crippen LogP contribution in [0.1, 0.15) is 18.9 Å². The second-order valence-electron chi connectivity index (χ2n) is 9.93. The number of hydrogen-bond donors (Lipinski definition) is 6. The van der Waals surface area contributed by atoms with E-state index in [1.165, 1.54) is 4.57 Å². The van der Waals surface area contributed by atoms with Crippen LogP contribution in [0.5, 0.6) is 0 Å². The number of aliphatic hydroxyl groups is 1. The molecule has 0 amide bonds. The number of aliphatic hydroxyl groups excluding tert-OH is 1. The fraction of sp³-hybridized carbons (Fsp3) is 0.476. The van der Waals surface area contributed by atoms with E-state index in [0.717, 1.165) is 23.4 Å². The summed E-state index contributed by atoms with van der Waals surface area (Å²) in [5.74, 6) is -1.05. The second-order valence-corrected chi connectivity index (χ2v) is 14.7. The summed E-state index contributed by atoms with van der Waals surface area (Å²) in [7, 11) is -2.82. The average Bonchev–Trinajstić information content (AvgIpc) is 3.72. The topological polar surface area (TPSA) is 247 Å². The van der Waals surface area contributed by atoms with Gasteiger partial charge in [0.25, 0.3) is 5.56 Å². The molecule has 45 heavy (non-hydrogen) atoms. The van der Waals surface area contributed by atoms with E-state index in [4.69, 9.17) is 34.5 Å². The van der Waals surface area contributed by atoms with Gasteiger partial charge in [-0.15, -0.1) is 0 Å². The molecular formula is C21H25F2N9O9P2S2. The van der Waals surface area contributed by atoms with E-state index in [1.807, 2.05) is 0 Å². The molecule has 2 aliphatic heterocycles. The summed E-state index contributed by atoms with van der Waals surface area (Å²) in [5.41, 5.74) is 10.6. The third-order valence-corrected chi connectivity index (χ3v) is 9.60. The summed E-state index contributed by atoms with van der Waals surface area (Å²) >= 11 is 7.82. The number of nitrogens with zero attached hydrogens (tertiary/aromatic N) is 6. The summed E-state index contributed by atoms with van der Waals surface area (Å²) in [4.78, 5) is 30.3. The number of halogens is 2. The van der Waals surface area contributed by atoms with Crippen LogP contribution in [0.3, 0.4) is 0 Å². The lowest BCUT2D eigenvalue weighted by molar-refractivity contribution is -0.0508. The highest BCUT2D eigenvalue weighted by Gasteiger charge is 2.50. The monoisotopic (exact) mass is 711 g/mol. The van der Waals surface area contributed by atoms with Crippen molar-refractivity contribution < 1.29 is 46.1 Å². The van der Waals surface area contributed by atoms with E-state index in [-0.39, 0.29) is 40.4 Å². The first kappa shape index (κ1) is 32.3. The Kier molecular flexibility index (Phi) is 8.98. The zero-order valence-electron chi connectivity index (χ0n) is 22.5. The highest BCUT2D eigenvalue weighted by atomic mass is 32.7. The largest absolute Gasteiger partial charge is 0.394 e. The fourth-order valence-electron chi connectivity index (χ4n) is 5.22. The lowest BCUT2D eigenvalue weighted by Gasteiger charge is -2.25. The van der Waals surface area contributed by atoms with Crippen molar-refractivity contribution >= 4 is 72.5 Å². The number of aromatic nitrogens is 7. The SMILES string of the molecule is Nc1nc2c(ncn2[C@@H]2O[C@H](CO)[C@@H](F)[C@H]2OP(=O)(S)OC[C@H]2O[C@@H](n3cc(F)c4c(N)ncnc43)C[C@@H]2O[PH](=O)S)c(=O)[nH]1. The lowest BCUT2D eigenvalue weighted by Crippen LogP contribution is -2.32. The van der Waals surface area contributed by atoms with Gasteiger partial charge in [-0.1, -0.05) is 24.5 Å². The van der Waals surface area contributed by atoms with Crippen molar-refractivity contribution in [1.82, 2.24) is 34.1 Å². The predicted molar refractivity (Wildman–Crippen MR) is 159 cm³/mol. The molecule has 24 heteroatoms. The van der Waals surface area contributed by atoms with Crippen molar-refractivity contribution in [3.63, 3.8) is 0 Å². The molecule has 6 N–H and O–H groups in total. The van der Waals surface area contributed by atoms with Crippen molar-refractivity contribution in [3.8, 4) is 0 Å². The van der Waals surface area contributed by atoms with Crippen LogP contribution >= 0.6 is 38.5 Å². The van der Waals surface area contributed by atoms with Crippen LogP contribution in [-0.4, -0.2) is 83.0 Å². The molecule has 2 aliphatic rings. The highest BCUT2D eigenvalue weighted by molar-refractivity contribution is 8.44. The minimum atomic E-state index is -4.46. The average molecular weight is 712 g/mol. The van der Waals surface area contributed by atoms with Crippen LogP contribution in [0.25, 0.3) is 22.2 Å². The normalized spacial score (nSPS) is 29.0. The smallest absolute Gasteiger partial charge is 0.386 e. The molecule has 0 saturated carbocycles. The maximum absolute atomic E-state index is 15.4. The number of alkyl halides is 1. The molecular weight excluding hydrogens is 686 g/mol. The minimum Gasteiger partial charge on any atom is -0.394 e. The van der Waals surface area contributed by atoms with Crippen LogP contribution in [0, 0.1) is 5.82 Å². The number of H-pyrrole nitrogens is 1. The number of nitrogens with one attached hydrogen (secondary N) is 1. The number of ether oxygens (including phenoxy) is 2. The first-order chi connectivity index (χ1) is 21.4. The molecule has 6 rings (SSSR count). The molecule has 244 valence electrons. The quantitative estimate of drug-likeness (QED) is 0.101. The zero-order chi connectivity index (χ0) is 32.2. The van der Waals surface area contributed by atoms with Crippen molar-refractivity contribution in [1.29, 1.82) is 0 Å². The van der Waals surface area contributed by atoms with Crippen molar-refractivity contribution in [3.05, 3.63) is 35.0 Å². The number of fused-ring (bicyclic) bond motifs is 2. The first-order valence-electron chi connectivity index (χ1n) is 13.0. The van der Waals surface area contributed by atoms with Crippen molar-refractivity contribution in [2.24, 2.45) is 0 Å². The Hall–Kier alpha value is -2.65. The number of hydrogen-bond acceptors (Lipinski definition) is 15. The lowest BCUT2D eigenvalue weighted by atomic mass is 10.1. The van der Waals surface area contributed by atoms with Crippen LogP contribution in [0.15, 0.2) is 23.6 Å². The van der Waals surface area contributed by atoms with Gasteiger partial charge in [-0.25, -0.2) is 28.3 Å². The molecule has 2 fully saturated rings. The van der Waals surface area contributed by atoms with Gasteiger partial charge in [0.15, 0.2) is 35.0 Å². The fourth-order valence-corrected chi connectivity index (χ4v) is 7.58. The van der Waals surface area contributed by atoms with E-state index in [0.29, 0.717) is 0 Å². The summed E-state index contributed by atoms with van der Waals surface area (Å²) < 4.78 is 85.8. The van der Waals surface area contributed by atoms with Gasteiger partial charge in [0, 0.05) is 12.6 Å². The third kappa shape index (κ3) is 6.23. The Balaban J connectivity index is 1.21. The molecule has 18 nitrogen and oxygen atoms in total. The van der Waals surface area contributed by atoms with Crippen molar-refractivity contribution in [2.75, 3.05) is 24.7 Å². The molecule has 0 radical (unpaired) electrons. The summed E-state index contributed by atoms with van der Waals surface area (Å²) in [5, 5.41) is 9.63. The Morgan fingerprint density at radius 1 is 1.22 bits per heavy atom. The minimum absolute atomic E-state index is 0.0160. The van der Waals surface area contributed by atoms with Gasteiger partial charge in [-0.2, -0.15) is 4.98 Å². The molecule has 6 heterocycles. The molecule has 0 spiro atoms. The van der Waals surface area contributed by atoms with Gasteiger partial charge in [0.1, 0.15) is 36.7 Å². The van der Waals surface area contributed by atoms with Crippen LogP contribution in [0.4, 0.5) is 20.5 Å². The predicted octanol–water partition coefficient (Wildman–Crippen LogP) is 1.53. The third-order valence-electron chi connectivity index (χ3n) is 7.16.